The van der Waals surface area contributed by atoms with Gasteiger partial charge in [0.25, 0.3) is 5.91 Å². The number of aliphatic carboxylic acids is 1. The molecule has 0 saturated heterocycles. The predicted molar refractivity (Wildman–Crippen MR) is 89.5 cm³/mol. The number of amides is 1. The van der Waals surface area contributed by atoms with Crippen LogP contribution in [0.4, 0.5) is 0 Å². The lowest BCUT2D eigenvalue weighted by Crippen LogP contribution is -2.40. The molecule has 23 heavy (non-hydrogen) atoms. The molecule has 120 valence electrons. The summed E-state index contributed by atoms with van der Waals surface area (Å²) < 4.78 is 0. The number of carbonyl (C=O) groups excluding carboxylic acids is 1. The quantitative estimate of drug-likeness (QED) is 0.826. The second kappa shape index (κ2) is 8.13. The molecule has 2 N–H and O–H groups in total. The van der Waals surface area contributed by atoms with Gasteiger partial charge in [-0.15, -0.1) is 0 Å². The Kier molecular flexibility index (Phi) is 5.92. The molecule has 0 saturated carbocycles. The van der Waals surface area contributed by atoms with Crippen molar-refractivity contribution in [2.24, 2.45) is 0 Å². The van der Waals surface area contributed by atoms with Crippen molar-refractivity contribution >= 4 is 11.9 Å². The standard InChI is InChI=1S/C19H21NO3/c1-2-17(19(22)23)20-18(21)16-11-7-6-10-15(16)13-12-14-8-4-3-5-9-14/h3-11,17H,2,12-13H2,1H3,(H,20,21)(H,22,23). The first kappa shape index (κ1) is 16.7. The van der Waals surface area contributed by atoms with E-state index in [2.05, 4.69) is 17.4 Å². The highest BCUT2D eigenvalue weighted by molar-refractivity contribution is 5.97. The molecule has 0 aromatic heterocycles. The zero-order valence-corrected chi connectivity index (χ0v) is 13.2. The van der Waals surface area contributed by atoms with Crippen LogP contribution in [0.5, 0.6) is 0 Å². The Morgan fingerprint density at radius 2 is 1.65 bits per heavy atom. The second-order valence-electron chi connectivity index (χ2n) is 5.42. The molecule has 1 amide bonds. The van der Waals surface area contributed by atoms with E-state index in [1.54, 1.807) is 19.1 Å². The predicted octanol–water partition coefficient (Wildman–Crippen LogP) is 3.06. The van der Waals surface area contributed by atoms with E-state index in [9.17, 15) is 9.59 Å². The van der Waals surface area contributed by atoms with E-state index in [1.165, 1.54) is 5.56 Å². The number of carboxylic acid groups (broad SMARTS) is 1. The van der Waals surface area contributed by atoms with E-state index < -0.39 is 12.0 Å². The van der Waals surface area contributed by atoms with E-state index in [1.807, 2.05) is 30.3 Å². The Morgan fingerprint density at radius 1 is 1.00 bits per heavy atom. The summed E-state index contributed by atoms with van der Waals surface area (Å²) in [5.41, 5.74) is 2.68. The molecule has 0 aliphatic carbocycles. The average Bonchev–Trinajstić information content (AvgIpc) is 2.58. The maximum absolute atomic E-state index is 12.4. The Bertz CT molecular complexity index is 667. The monoisotopic (exact) mass is 311 g/mol. The molecule has 0 aliphatic heterocycles. The first-order valence-electron chi connectivity index (χ1n) is 7.77. The Hall–Kier alpha value is -2.62. The summed E-state index contributed by atoms with van der Waals surface area (Å²) in [6, 6.07) is 16.6. The third-order valence-corrected chi connectivity index (χ3v) is 3.80. The zero-order chi connectivity index (χ0) is 16.7. The maximum atomic E-state index is 12.4. The molecule has 0 radical (unpaired) electrons. The van der Waals surface area contributed by atoms with E-state index in [-0.39, 0.29) is 5.91 Å². The fraction of sp³-hybridized carbons (Fsp3) is 0.263. The van der Waals surface area contributed by atoms with Gasteiger partial charge in [-0.2, -0.15) is 0 Å². The lowest BCUT2D eigenvalue weighted by atomic mass is 9.99. The number of carbonyl (C=O) groups is 2. The molecule has 0 aliphatic rings. The SMILES string of the molecule is CCC(NC(=O)c1ccccc1CCc1ccccc1)C(=O)O. The van der Waals surface area contributed by atoms with E-state index >= 15 is 0 Å². The average molecular weight is 311 g/mol. The topological polar surface area (TPSA) is 66.4 Å². The normalized spacial score (nSPS) is 11.7. The van der Waals surface area contributed by atoms with Gasteiger partial charge in [0.15, 0.2) is 0 Å². The Labute approximate surface area is 136 Å². The van der Waals surface area contributed by atoms with Crippen molar-refractivity contribution in [2.45, 2.75) is 32.2 Å². The summed E-state index contributed by atoms with van der Waals surface area (Å²) in [7, 11) is 0. The fourth-order valence-electron chi connectivity index (χ4n) is 2.46. The van der Waals surface area contributed by atoms with Crippen LogP contribution < -0.4 is 5.32 Å². The van der Waals surface area contributed by atoms with Crippen LogP contribution in [-0.2, 0) is 17.6 Å². The van der Waals surface area contributed by atoms with Gasteiger partial charge in [0, 0.05) is 5.56 Å². The van der Waals surface area contributed by atoms with Gasteiger partial charge >= 0.3 is 5.97 Å². The lowest BCUT2D eigenvalue weighted by Gasteiger charge is -2.14. The van der Waals surface area contributed by atoms with Crippen LogP contribution in [0.25, 0.3) is 0 Å². The highest BCUT2D eigenvalue weighted by Gasteiger charge is 2.19. The minimum Gasteiger partial charge on any atom is -0.480 e. The van der Waals surface area contributed by atoms with Crippen molar-refractivity contribution in [1.82, 2.24) is 5.32 Å². The van der Waals surface area contributed by atoms with Crippen molar-refractivity contribution in [3.8, 4) is 0 Å². The molecule has 0 bridgehead atoms. The number of hydrogen-bond acceptors (Lipinski definition) is 2. The summed E-state index contributed by atoms with van der Waals surface area (Å²) in [6.07, 6.45) is 1.92. The molecule has 1 atom stereocenters. The molecule has 2 aromatic rings. The first-order valence-corrected chi connectivity index (χ1v) is 7.77. The van der Waals surface area contributed by atoms with Gasteiger partial charge < -0.3 is 10.4 Å². The van der Waals surface area contributed by atoms with Gasteiger partial charge in [-0.25, -0.2) is 4.79 Å². The van der Waals surface area contributed by atoms with Gasteiger partial charge in [-0.05, 0) is 36.5 Å². The Morgan fingerprint density at radius 3 is 2.30 bits per heavy atom. The van der Waals surface area contributed by atoms with Gasteiger partial charge in [-0.1, -0.05) is 55.5 Å². The summed E-state index contributed by atoms with van der Waals surface area (Å²) in [6.45, 7) is 1.74. The van der Waals surface area contributed by atoms with Crippen LogP contribution in [0.2, 0.25) is 0 Å². The van der Waals surface area contributed by atoms with Crippen LogP contribution >= 0.6 is 0 Å². The van der Waals surface area contributed by atoms with E-state index in [0.29, 0.717) is 12.0 Å². The van der Waals surface area contributed by atoms with Gasteiger partial charge in [0.2, 0.25) is 0 Å². The van der Waals surface area contributed by atoms with Gasteiger partial charge in [-0.3, -0.25) is 4.79 Å². The van der Waals surface area contributed by atoms with Crippen LogP contribution in [0.15, 0.2) is 54.6 Å². The number of carboxylic acids is 1. The largest absolute Gasteiger partial charge is 0.480 e. The molecule has 0 fully saturated rings. The summed E-state index contributed by atoms with van der Waals surface area (Å²) >= 11 is 0. The molecule has 0 spiro atoms. The molecule has 2 aromatic carbocycles. The number of nitrogens with one attached hydrogen (secondary N) is 1. The van der Waals surface area contributed by atoms with Crippen LogP contribution in [0.3, 0.4) is 0 Å². The zero-order valence-electron chi connectivity index (χ0n) is 13.2. The molecule has 1 unspecified atom stereocenters. The van der Waals surface area contributed by atoms with Crippen molar-refractivity contribution < 1.29 is 14.7 Å². The first-order chi connectivity index (χ1) is 11.1. The number of rotatable bonds is 7. The molecule has 4 heteroatoms. The number of hydrogen-bond donors (Lipinski definition) is 2. The van der Waals surface area contributed by atoms with Crippen molar-refractivity contribution in [3.63, 3.8) is 0 Å². The fourth-order valence-corrected chi connectivity index (χ4v) is 2.46. The van der Waals surface area contributed by atoms with Crippen LogP contribution in [0, 0.1) is 0 Å². The van der Waals surface area contributed by atoms with E-state index in [0.717, 1.165) is 18.4 Å². The second-order valence-corrected chi connectivity index (χ2v) is 5.42. The maximum Gasteiger partial charge on any atom is 0.326 e. The van der Waals surface area contributed by atoms with Crippen LogP contribution in [0.1, 0.15) is 34.8 Å². The summed E-state index contributed by atoms with van der Waals surface area (Å²) in [5.74, 6) is -1.34. The number of benzene rings is 2. The smallest absolute Gasteiger partial charge is 0.326 e. The van der Waals surface area contributed by atoms with Gasteiger partial charge in [0.1, 0.15) is 6.04 Å². The van der Waals surface area contributed by atoms with E-state index in [4.69, 9.17) is 5.11 Å². The minimum atomic E-state index is -1.01. The lowest BCUT2D eigenvalue weighted by molar-refractivity contribution is -0.139. The van der Waals surface area contributed by atoms with Crippen molar-refractivity contribution in [2.75, 3.05) is 0 Å². The highest BCUT2D eigenvalue weighted by Crippen LogP contribution is 2.13. The Balaban J connectivity index is 2.10. The molecule has 4 nitrogen and oxygen atoms in total. The third-order valence-electron chi connectivity index (χ3n) is 3.80. The van der Waals surface area contributed by atoms with Crippen molar-refractivity contribution in [3.05, 3.63) is 71.3 Å². The van der Waals surface area contributed by atoms with Gasteiger partial charge in [0.05, 0.1) is 0 Å². The molecular weight excluding hydrogens is 290 g/mol. The highest BCUT2D eigenvalue weighted by atomic mass is 16.4. The number of aryl methyl sites for hydroxylation is 2. The third kappa shape index (κ3) is 4.68. The molecular formula is C19H21NO3. The van der Waals surface area contributed by atoms with Crippen LogP contribution in [-0.4, -0.2) is 23.0 Å². The molecule has 0 heterocycles. The minimum absolute atomic E-state index is 0.331. The summed E-state index contributed by atoms with van der Waals surface area (Å²) in [4.78, 5) is 23.5. The van der Waals surface area contributed by atoms with Crippen molar-refractivity contribution in [1.29, 1.82) is 0 Å². The summed E-state index contributed by atoms with van der Waals surface area (Å²) in [5, 5.41) is 11.7. The molecule has 2 rings (SSSR count).